The number of hydrogen-bond acceptors (Lipinski definition) is 2. The summed E-state index contributed by atoms with van der Waals surface area (Å²) >= 11 is 0. The van der Waals surface area contributed by atoms with Crippen molar-refractivity contribution in [2.75, 3.05) is 6.54 Å². The summed E-state index contributed by atoms with van der Waals surface area (Å²) in [5.41, 5.74) is 0.880. The normalized spacial score (nSPS) is 26.1. The first-order valence-corrected chi connectivity index (χ1v) is 6.60. The highest BCUT2D eigenvalue weighted by molar-refractivity contribution is 5.12. The molecule has 0 N–H and O–H groups in total. The van der Waals surface area contributed by atoms with Gasteiger partial charge in [-0.3, -0.25) is 9.58 Å². The number of aromatic nitrogens is 2. The van der Waals surface area contributed by atoms with E-state index in [9.17, 15) is 13.2 Å². The van der Waals surface area contributed by atoms with Crippen molar-refractivity contribution in [3.63, 3.8) is 0 Å². The maximum absolute atomic E-state index is 12.9. The molecule has 6 heteroatoms. The molecular weight excluding hydrogens is 255 g/mol. The zero-order valence-corrected chi connectivity index (χ0v) is 11.5. The molecule has 1 aromatic heterocycles. The first-order chi connectivity index (χ1) is 8.79. The van der Waals surface area contributed by atoms with E-state index in [1.54, 1.807) is 17.9 Å². The van der Waals surface area contributed by atoms with E-state index in [2.05, 4.69) is 10.00 Å². The first kappa shape index (κ1) is 14.4. The van der Waals surface area contributed by atoms with Gasteiger partial charge in [-0.2, -0.15) is 18.3 Å². The smallest absolute Gasteiger partial charge is 0.294 e. The van der Waals surface area contributed by atoms with E-state index in [1.807, 2.05) is 20.0 Å². The molecule has 108 valence electrons. The molecule has 1 aromatic rings. The number of alkyl halides is 3. The van der Waals surface area contributed by atoms with Crippen LogP contribution in [0.25, 0.3) is 0 Å². The maximum atomic E-state index is 12.9. The van der Waals surface area contributed by atoms with E-state index in [1.165, 1.54) is 0 Å². The van der Waals surface area contributed by atoms with Crippen LogP contribution in [0.1, 0.15) is 38.3 Å². The van der Waals surface area contributed by atoms with Crippen molar-refractivity contribution in [3.05, 3.63) is 18.0 Å². The lowest BCUT2D eigenvalue weighted by atomic mass is 9.87. The lowest BCUT2D eigenvalue weighted by Gasteiger charge is -2.42. The van der Waals surface area contributed by atoms with Crippen molar-refractivity contribution >= 4 is 0 Å². The van der Waals surface area contributed by atoms with Gasteiger partial charge in [-0.1, -0.05) is 0 Å². The number of hydrogen-bond donors (Lipinski definition) is 0. The Morgan fingerprint density at radius 2 is 2.05 bits per heavy atom. The SMILES string of the molecule is CC(C)N1CC[C@@H](C(F)(F)F)C[C@H]1c1cnn(C)c1. The minimum Gasteiger partial charge on any atom is -0.294 e. The Balaban J connectivity index is 2.23. The van der Waals surface area contributed by atoms with Gasteiger partial charge in [0.1, 0.15) is 0 Å². The summed E-state index contributed by atoms with van der Waals surface area (Å²) in [6, 6.07) is 0.0495. The molecule has 0 aromatic carbocycles. The number of piperidine rings is 1. The van der Waals surface area contributed by atoms with Crippen LogP contribution in [0, 0.1) is 5.92 Å². The van der Waals surface area contributed by atoms with E-state index in [4.69, 9.17) is 0 Å². The van der Waals surface area contributed by atoms with Crippen LogP contribution in [0.15, 0.2) is 12.4 Å². The van der Waals surface area contributed by atoms with E-state index >= 15 is 0 Å². The quantitative estimate of drug-likeness (QED) is 0.826. The molecule has 0 radical (unpaired) electrons. The van der Waals surface area contributed by atoms with Gasteiger partial charge in [0.2, 0.25) is 0 Å². The predicted molar refractivity (Wildman–Crippen MR) is 66.6 cm³/mol. The molecule has 0 unspecified atom stereocenters. The minimum absolute atomic E-state index is 0.132. The van der Waals surface area contributed by atoms with Crippen LogP contribution in [-0.2, 0) is 7.05 Å². The van der Waals surface area contributed by atoms with Crippen molar-refractivity contribution in [2.45, 2.75) is 44.9 Å². The van der Waals surface area contributed by atoms with Gasteiger partial charge < -0.3 is 0 Å². The Bertz CT molecular complexity index is 425. The summed E-state index contributed by atoms with van der Waals surface area (Å²) in [4.78, 5) is 2.14. The van der Waals surface area contributed by atoms with Crippen molar-refractivity contribution < 1.29 is 13.2 Å². The Kier molecular flexibility index (Phi) is 3.90. The zero-order valence-electron chi connectivity index (χ0n) is 11.5. The van der Waals surface area contributed by atoms with Gasteiger partial charge >= 0.3 is 6.18 Å². The average molecular weight is 275 g/mol. The standard InChI is InChI=1S/C13H20F3N3/c1-9(2)19-5-4-11(13(14,15)16)6-12(19)10-7-17-18(3)8-10/h7-9,11-12H,4-6H2,1-3H3/t11-,12+/m1/s1. The summed E-state index contributed by atoms with van der Waals surface area (Å²) in [6.07, 6.45) is -0.271. The lowest BCUT2D eigenvalue weighted by molar-refractivity contribution is -0.191. The van der Waals surface area contributed by atoms with Crippen LogP contribution >= 0.6 is 0 Å². The topological polar surface area (TPSA) is 21.1 Å². The second-order valence-corrected chi connectivity index (χ2v) is 5.56. The molecule has 0 bridgehead atoms. The minimum atomic E-state index is -4.09. The van der Waals surface area contributed by atoms with Crippen LogP contribution in [-0.4, -0.2) is 33.4 Å². The molecule has 0 amide bonds. The molecular formula is C13H20F3N3. The summed E-state index contributed by atoms with van der Waals surface area (Å²) < 4.78 is 40.4. The molecule has 19 heavy (non-hydrogen) atoms. The molecule has 2 atom stereocenters. The van der Waals surface area contributed by atoms with E-state index in [0.717, 1.165) is 5.56 Å². The van der Waals surface area contributed by atoms with Gasteiger partial charge in [0.05, 0.1) is 12.1 Å². The van der Waals surface area contributed by atoms with Crippen molar-refractivity contribution in [1.82, 2.24) is 14.7 Å². The van der Waals surface area contributed by atoms with Crippen LogP contribution in [0.2, 0.25) is 0 Å². The third-order valence-electron chi connectivity index (χ3n) is 3.88. The van der Waals surface area contributed by atoms with E-state index in [-0.39, 0.29) is 24.9 Å². The number of nitrogens with zero attached hydrogens (tertiary/aromatic N) is 3. The second-order valence-electron chi connectivity index (χ2n) is 5.56. The van der Waals surface area contributed by atoms with Crippen molar-refractivity contribution in [1.29, 1.82) is 0 Å². The molecule has 0 aliphatic carbocycles. The largest absolute Gasteiger partial charge is 0.391 e. The Hall–Kier alpha value is -1.04. The highest BCUT2D eigenvalue weighted by Crippen LogP contribution is 2.42. The third kappa shape index (κ3) is 3.11. The van der Waals surface area contributed by atoms with Crippen molar-refractivity contribution in [3.8, 4) is 0 Å². The number of halogens is 3. The van der Waals surface area contributed by atoms with E-state index < -0.39 is 12.1 Å². The molecule has 2 heterocycles. The fraction of sp³-hybridized carbons (Fsp3) is 0.769. The fourth-order valence-corrected chi connectivity index (χ4v) is 2.84. The number of likely N-dealkylation sites (tertiary alicyclic amines) is 1. The summed E-state index contributed by atoms with van der Waals surface area (Å²) in [5, 5.41) is 4.08. The van der Waals surface area contributed by atoms with Gasteiger partial charge in [-0.25, -0.2) is 0 Å². The predicted octanol–water partition coefficient (Wildman–Crippen LogP) is 3.14. The van der Waals surface area contributed by atoms with Gasteiger partial charge in [-0.05, 0) is 33.2 Å². The molecule has 1 aliphatic heterocycles. The molecule has 2 rings (SSSR count). The van der Waals surface area contributed by atoms with E-state index in [0.29, 0.717) is 6.54 Å². The van der Waals surface area contributed by atoms with Crippen molar-refractivity contribution in [2.24, 2.45) is 13.0 Å². The van der Waals surface area contributed by atoms with Gasteiger partial charge in [-0.15, -0.1) is 0 Å². The van der Waals surface area contributed by atoms with Crippen LogP contribution < -0.4 is 0 Å². The summed E-state index contributed by atoms with van der Waals surface area (Å²) in [6.45, 7) is 4.54. The second kappa shape index (κ2) is 5.15. The molecule has 0 spiro atoms. The Morgan fingerprint density at radius 3 is 2.53 bits per heavy atom. The maximum Gasteiger partial charge on any atom is 0.391 e. The van der Waals surface area contributed by atoms with Gasteiger partial charge in [0.25, 0.3) is 0 Å². The molecule has 1 aliphatic rings. The monoisotopic (exact) mass is 275 g/mol. The highest BCUT2D eigenvalue weighted by atomic mass is 19.4. The fourth-order valence-electron chi connectivity index (χ4n) is 2.84. The number of rotatable bonds is 2. The molecule has 1 fully saturated rings. The zero-order chi connectivity index (χ0) is 14.2. The summed E-state index contributed by atoms with van der Waals surface area (Å²) in [5.74, 6) is -1.20. The first-order valence-electron chi connectivity index (χ1n) is 6.60. The van der Waals surface area contributed by atoms with Crippen LogP contribution in [0.5, 0.6) is 0 Å². The highest BCUT2D eigenvalue weighted by Gasteiger charge is 2.45. The Morgan fingerprint density at radius 1 is 1.37 bits per heavy atom. The molecule has 3 nitrogen and oxygen atoms in total. The molecule has 0 saturated carbocycles. The van der Waals surface area contributed by atoms with Crippen LogP contribution in [0.4, 0.5) is 13.2 Å². The van der Waals surface area contributed by atoms with Gasteiger partial charge in [0.15, 0.2) is 0 Å². The number of aryl methyl sites for hydroxylation is 1. The third-order valence-corrected chi connectivity index (χ3v) is 3.88. The average Bonchev–Trinajstić information content (AvgIpc) is 2.73. The van der Waals surface area contributed by atoms with Gasteiger partial charge in [0, 0.05) is 30.9 Å². The lowest BCUT2D eigenvalue weighted by Crippen LogP contribution is -2.44. The Labute approximate surface area is 111 Å². The molecule has 1 saturated heterocycles. The van der Waals surface area contributed by atoms with Crippen LogP contribution in [0.3, 0.4) is 0 Å². The summed E-state index contributed by atoms with van der Waals surface area (Å²) in [7, 11) is 1.79.